The zero-order chi connectivity index (χ0) is 14.1. The summed E-state index contributed by atoms with van der Waals surface area (Å²) in [6.45, 7) is 0. The molecule has 0 radical (unpaired) electrons. The molecule has 0 spiro atoms. The van der Waals surface area contributed by atoms with Crippen molar-refractivity contribution in [3.63, 3.8) is 0 Å². The van der Waals surface area contributed by atoms with Crippen molar-refractivity contribution in [2.75, 3.05) is 14.2 Å². The molecule has 20 heavy (non-hydrogen) atoms. The fourth-order valence-electron chi connectivity index (χ4n) is 2.41. The van der Waals surface area contributed by atoms with Crippen LogP contribution in [0.1, 0.15) is 27.6 Å². The van der Waals surface area contributed by atoms with E-state index in [2.05, 4.69) is 0 Å². The highest BCUT2D eigenvalue weighted by Crippen LogP contribution is 2.38. The van der Waals surface area contributed by atoms with Gasteiger partial charge >= 0.3 is 5.97 Å². The Balaban J connectivity index is 2.05. The van der Waals surface area contributed by atoms with Crippen molar-refractivity contribution >= 4 is 5.97 Å². The van der Waals surface area contributed by atoms with E-state index in [0.29, 0.717) is 17.1 Å². The van der Waals surface area contributed by atoms with E-state index in [0.717, 1.165) is 11.1 Å². The average Bonchev–Trinajstić information content (AvgIpc) is 2.84. The summed E-state index contributed by atoms with van der Waals surface area (Å²) < 4.78 is 16.0. The van der Waals surface area contributed by atoms with Crippen LogP contribution in [-0.4, -0.2) is 20.2 Å². The van der Waals surface area contributed by atoms with Crippen LogP contribution in [0.15, 0.2) is 42.5 Å². The maximum absolute atomic E-state index is 11.8. The first-order valence-electron chi connectivity index (χ1n) is 6.26. The molecule has 0 fully saturated rings. The quantitative estimate of drug-likeness (QED) is 0.804. The van der Waals surface area contributed by atoms with Crippen molar-refractivity contribution in [1.29, 1.82) is 0 Å². The molecule has 0 bridgehead atoms. The summed E-state index contributed by atoms with van der Waals surface area (Å²) in [4.78, 5) is 11.8. The van der Waals surface area contributed by atoms with Gasteiger partial charge in [0.15, 0.2) is 17.6 Å². The third kappa shape index (κ3) is 1.90. The zero-order valence-electron chi connectivity index (χ0n) is 11.3. The van der Waals surface area contributed by atoms with Crippen molar-refractivity contribution in [2.24, 2.45) is 0 Å². The molecule has 0 aliphatic carbocycles. The van der Waals surface area contributed by atoms with Crippen LogP contribution in [-0.2, 0) is 4.74 Å². The minimum absolute atomic E-state index is 0.291. The molecular formula is C16H14O4. The molecule has 4 nitrogen and oxygen atoms in total. The van der Waals surface area contributed by atoms with Crippen LogP contribution in [0.3, 0.4) is 0 Å². The van der Waals surface area contributed by atoms with Gasteiger partial charge in [-0.05, 0) is 18.2 Å². The molecule has 3 rings (SSSR count). The van der Waals surface area contributed by atoms with Gasteiger partial charge in [0.2, 0.25) is 0 Å². The molecule has 1 atom stereocenters. The largest absolute Gasteiger partial charge is 0.493 e. The van der Waals surface area contributed by atoms with Crippen molar-refractivity contribution in [3.8, 4) is 11.5 Å². The number of hydrogen-bond acceptors (Lipinski definition) is 4. The van der Waals surface area contributed by atoms with Gasteiger partial charge in [-0.2, -0.15) is 0 Å². The van der Waals surface area contributed by atoms with Gasteiger partial charge in [-0.1, -0.05) is 24.3 Å². The van der Waals surface area contributed by atoms with Gasteiger partial charge in [0.25, 0.3) is 0 Å². The van der Waals surface area contributed by atoms with E-state index in [-0.39, 0.29) is 5.97 Å². The fourth-order valence-corrected chi connectivity index (χ4v) is 2.41. The Labute approximate surface area is 116 Å². The molecule has 0 amide bonds. The summed E-state index contributed by atoms with van der Waals surface area (Å²) >= 11 is 0. The molecule has 0 saturated heterocycles. The molecule has 102 valence electrons. The van der Waals surface area contributed by atoms with Crippen LogP contribution in [0.25, 0.3) is 0 Å². The average molecular weight is 270 g/mol. The van der Waals surface area contributed by atoms with E-state index in [1.165, 1.54) is 0 Å². The first kappa shape index (κ1) is 12.5. The van der Waals surface area contributed by atoms with Gasteiger partial charge in [-0.15, -0.1) is 0 Å². The number of carbonyl (C=O) groups excluding carboxylic acids is 1. The molecule has 0 N–H and O–H groups in total. The van der Waals surface area contributed by atoms with Crippen molar-refractivity contribution in [1.82, 2.24) is 0 Å². The second-order valence-electron chi connectivity index (χ2n) is 4.49. The van der Waals surface area contributed by atoms with E-state index in [4.69, 9.17) is 14.2 Å². The Hall–Kier alpha value is -2.49. The topological polar surface area (TPSA) is 44.8 Å². The SMILES string of the molecule is COc1ccc([C@@H]2OC(=O)c3ccccc32)cc1OC. The monoisotopic (exact) mass is 270 g/mol. The Morgan fingerprint density at radius 2 is 1.75 bits per heavy atom. The fraction of sp³-hybridized carbons (Fsp3) is 0.188. The number of carbonyl (C=O) groups is 1. The van der Waals surface area contributed by atoms with Gasteiger partial charge in [-0.3, -0.25) is 0 Å². The van der Waals surface area contributed by atoms with Crippen LogP contribution in [0.5, 0.6) is 11.5 Å². The first-order valence-corrected chi connectivity index (χ1v) is 6.26. The second kappa shape index (κ2) is 4.89. The minimum Gasteiger partial charge on any atom is -0.493 e. The van der Waals surface area contributed by atoms with Gasteiger partial charge in [0, 0.05) is 11.1 Å². The molecule has 2 aromatic carbocycles. The highest BCUT2D eigenvalue weighted by molar-refractivity contribution is 5.94. The third-order valence-corrected chi connectivity index (χ3v) is 3.40. The van der Waals surface area contributed by atoms with Gasteiger partial charge < -0.3 is 14.2 Å². The van der Waals surface area contributed by atoms with E-state index in [1.807, 2.05) is 36.4 Å². The van der Waals surface area contributed by atoms with Crippen molar-refractivity contribution in [3.05, 3.63) is 59.2 Å². The third-order valence-electron chi connectivity index (χ3n) is 3.40. The van der Waals surface area contributed by atoms with Crippen LogP contribution in [0, 0.1) is 0 Å². The number of rotatable bonds is 3. The summed E-state index contributed by atoms with van der Waals surface area (Å²) in [7, 11) is 3.17. The zero-order valence-corrected chi connectivity index (χ0v) is 11.3. The number of ether oxygens (including phenoxy) is 3. The van der Waals surface area contributed by atoms with E-state index < -0.39 is 6.10 Å². The number of cyclic esters (lactones) is 1. The van der Waals surface area contributed by atoms with E-state index in [9.17, 15) is 4.79 Å². The maximum Gasteiger partial charge on any atom is 0.339 e. The molecular weight excluding hydrogens is 256 g/mol. The van der Waals surface area contributed by atoms with Gasteiger partial charge in [0.1, 0.15) is 0 Å². The summed E-state index contributed by atoms with van der Waals surface area (Å²) in [6.07, 6.45) is -0.390. The lowest BCUT2D eigenvalue weighted by atomic mass is 9.99. The molecule has 0 saturated carbocycles. The van der Waals surface area contributed by atoms with Crippen LogP contribution in [0.2, 0.25) is 0 Å². The molecule has 0 aromatic heterocycles. The van der Waals surface area contributed by atoms with Crippen LogP contribution >= 0.6 is 0 Å². The van der Waals surface area contributed by atoms with E-state index in [1.54, 1.807) is 20.3 Å². The van der Waals surface area contributed by atoms with E-state index >= 15 is 0 Å². The predicted octanol–water partition coefficient (Wildman–Crippen LogP) is 2.96. The lowest BCUT2D eigenvalue weighted by Crippen LogP contribution is -2.01. The van der Waals surface area contributed by atoms with Gasteiger partial charge in [0.05, 0.1) is 19.8 Å². The van der Waals surface area contributed by atoms with Crippen LogP contribution < -0.4 is 9.47 Å². The maximum atomic E-state index is 11.8. The van der Waals surface area contributed by atoms with Crippen molar-refractivity contribution in [2.45, 2.75) is 6.10 Å². The second-order valence-corrected chi connectivity index (χ2v) is 4.49. The number of methoxy groups -OCH3 is 2. The van der Waals surface area contributed by atoms with Crippen molar-refractivity contribution < 1.29 is 19.0 Å². The summed E-state index contributed by atoms with van der Waals surface area (Å²) in [5, 5.41) is 0. The number of hydrogen-bond donors (Lipinski definition) is 0. The Morgan fingerprint density at radius 1 is 1.00 bits per heavy atom. The number of fused-ring (bicyclic) bond motifs is 1. The normalized spacial score (nSPS) is 16.5. The molecule has 1 heterocycles. The number of benzene rings is 2. The summed E-state index contributed by atoms with van der Waals surface area (Å²) in [5.74, 6) is 0.972. The Bertz CT molecular complexity index is 663. The molecule has 1 aliphatic heterocycles. The Morgan fingerprint density at radius 3 is 2.50 bits per heavy atom. The predicted molar refractivity (Wildman–Crippen MR) is 73.2 cm³/mol. The van der Waals surface area contributed by atoms with Crippen LogP contribution in [0.4, 0.5) is 0 Å². The molecule has 0 unspecified atom stereocenters. The first-order chi connectivity index (χ1) is 9.74. The number of esters is 1. The van der Waals surface area contributed by atoms with Gasteiger partial charge in [-0.25, -0.2) is 4.79 Å². The lowest BCUT2D eigenvalue weighted by molar-refractivity contribution is 0.0455. The smallest absolute Gasteiger partial charge is 0.339 e. The molecule has 1 aliphatic rings. The Kier molecular flexibility index (Phi) is 3.06. The molecule has 4 heteroatoms. The highest BCUT2D eigenvalue weighted by Gasteiger charge is 2.32. The standard InChI is InChI=1S/C16H14O4/c1-18-13-8-7-10(9-14(13)19-2)15-11-5-3-4-6-12(11)16(17)20-15/h3-9,15H,1-2H3/t15-/m0/s1. The summed E-state index contributed by atoms with van der Waals surface area (Å²) in [6, 6.07) is 12.9. The highest BCUT2D eigenvalue weighted by atomic mass is 16.5. The molecule has 2 aromatic rings. The lowest BCUT2D eigenvalue weighted by Gasteiger charge is -2.14. The summed E-state index contributed by atoms with van der Waals surface area (Å²) in [5.41, 5.74) is 2.36. The minimum atomic E-state index is -0.390.